The second-order valence-electron chi connectivity index (χ2n) is 6.03. The zero-order valence-corrected chi connectivity index (χ0v) is 13.0. The zero-order valence-electron chi connectivity index (χ0n) is 13.0. The average molecular weight is 310 g/mol. The smallest absolute Gasteiger partial charge is 0.273 e. The van der Waals surface area contributed by atoms with Gasteiger partial charge < -0.3 is 4.90 Å². The van der Waals surface area contributed by atoms with E-state index in [9.17, 15) is 9.59 Å². The van der Waals surface area contributed by atoms with Gasteiger partial charge in [-0.2, -0.15) is 4.98 Å². The van der Waals surface area contributed by atoms with E-state index < -0.39 is 0 Å². The summed E-state index contributed by atoms with van der Waals surface area (Å²) in [5, 5.41) is 0.891. The van der Waals surface area contributed by atoms with E-state index in [-0.39, 0.29) is 18.0 Å². The van der Waals surface area contributed by atoms with Gasteiger partial charge in [-0.25, -0.2) is 4.52 Å². The molecule has 23 heavy (non-hydrogen) atoms. The van der Waals surface area contributed by atoms with Crippen LogP contribution in [0.2, 0.25) is 0 Å². The van der Waals surface area contributed by atoms with Crippen LogP contribution in [0.1, 0.15) is 18.5 Å². The number of benzene rings is 1. The lowest BCUT2D eigenvalue weighted by Crippen LogP contribution is -2.32. The van der Waals surface area contributed by atoms with Gasteiger partial charge in [-0.05, 0) is 31.9 Å². The molecule has 1 fully saturated rings. The first-order valence-electron chi connectivity index (χ1n) is 7.91. The van der Waals surface area contributed by atoms with Gasteiger partial charge in [0.2, 0.25) is 5.91 Å². The number of hydrogen-bond acceptors (Lipinski definition) is 3. The van der Waals surface area contributed by atoms with Gasteiger partial charge in [0.1, 0.15) is 6.54 Å². The monoisotopic (exact) mass is 310 g/mol. The van der Waals surface area contributed by atoms with Crippen LogP contribution in [0, 0.1) is 6.92 Å². The third-order valence-corrected chi connectivity index (χ3v) is 4.49. The fourth-order valence-corrected chi connectivity index (χ4v) is 3.42. The molecular formula is C17H18N4O2. The average Bonchev–Trinajstić information content (AvgIpc) is 3.15. The number of para-hydroxylation sites is 1. The maximum Gasteiger partial charge on any atom is 0.273 e. The number of carbonyl (C=O) groups excluding carboxylic acids is 1. The minimum Gasteiger partial charge on any atom is -0.341 e. The van der Waals surface area contributed by atoms with E-state index in [2.05, 4.69) is 4.98 Å². The minimum absolute atomic E-state index is 0.114. The SMILES string of the molecule is Cc1cc(=O)nc2c3ccccc3n(CC(=O)N3CCCC3)n12. The predicted molar refractivity (Wildman–Crippen MR) is 87.5 cm³/mol. The molecule has 2 aromatic heterocycles. The van der Waals surface area contributed by atoms with Crippen molar-refractivity contribution >= 4 is 22.5 Å². The molecule has 1 saturated heterocycles. The maximum atomic E-state index is 12.6. The molecule has 0 bridgehead atoms. The molecule has 6 nitrogen and oxygen atoms in total. The van der Waals surface area contributed by atoms with Crippen LogP contribution in [-0.2, 0) is 11.3 Å². The van der Waals surface area contributed by atoms with Crippen molar-refractivity contribution in [3.63, 3.8) is 0 Å². The molecule has 0 saturated carbocycles. The van der Waals surface area contributed by atoms with Gasteiger partial charge in [-0.1, -0.05) is 12.1 Å². The van der Waals surface area contributed by atoms with E-state index in [0.717, 1.165) is 42.5 Å². The summed E-state index contributed by atoms with van der Waals surface area (Å²) in [6.07, 6.45) is 2.15. The highest BCUT2D eigenvalue weighted by Gasteiger charge is 2.21. The van der Waals surface area contributed by atoms with Crippen molar-refractivity contribution < 1.29 is 4.79 Å². The van der Waals surface area contributed by atoms with Gasteiger partial charge in [-0.15, -0.1) is 0 Å². The van der Waals surface area contributed by atoms with Crippen LogP contribution >= 0.6 is 0 Å². The fourth-order valence-electron chi connectivity index (χ4n) is 3.42. The Labute approximate surface area is 132 Å². The molecule has 1 aliphatic heterocycles. The van der Waals surface area contributed by atoms with Crippen LogP contribution in [0.5, 0.6) is 0 Å². The van der Waals surface area contributed by atoms with Crippen LogP contribution in [-0.4, -0.2) is 38.1 Å². The number of aryl methyl sites for hydroxylation is 1. The van der Waals surface area contributed by atoms with Crippen molar-refractivity contribution in [1.82, 2.24) is 19.1 Å². The van der Waals surface area contributed by atoms with Crippen molar-refractivity contribution in [2.75, 3.05) is 13.1 Å². The van der Waals surface area contributed by atoms with Crippen molar-refractivity contribution in [2.24, 2.45) is 0 Å². The summed E-state index contributed by atoms with van der Waals surface area (Å²) in [5.74, 6) is 0.114. The number of nitrogens with zero attached hydrogens (tertiary/aromatic N) is 4. The number of aromatic nitrogens is 3. The molecule has 1 aromatic carbocycles. The molecule has 6 heteroatoms. The van der Waals surface area contributed by atoms with Gasteiger partial charge in [0.15, 0.2) is 5.65 Å². The van der Waals surface area contributed by atoms with E-state index in [0.29, 0.717) is 5.65 Å². The lowest BCUT2D eigenvalue weighted by Gasteiger charge is -2.17. The van der Waals surface area contributed by atoms with Crippen LogP contribution in [0.3, 0.4) is 0 Å². The Morgan fingerprint density at radius 2 is 1.96 bits per heavy atom. The number of likely N-dealkylation sites (tertiary alicyclic amines) is 1. The molecule has 0 spiro atoms. The van der Waals surface area contributed by atoms with Gasteiger partial charge in [0.25, 0.3) is 5.56 Å². The van der Waals surface area contributed by atoms with Gasteiger partial charge in [0.05, 0.1) is 5.52 Å². The number of carbonyl (C=O) groups is 1. The summed E-state index contributed by atoms with van der Waals surface area (Å²) < 4.78 is 3.80. The summed E-state index contributed by atoms with van der Waals surface area (Å²) in [4.78, 5) is 30.4. The molecule has 0 atom stereocenters. The first-order valence-corrected chi connectivity index (χ1v) is 7.91. The Kier molecular flexibility index (Phi) is 3.18. The maximum absolute atomic E-state index is 12.6. The van der Waals surface area contributed by atoms with Crippen LogP contribution in [0.4, 0.5) is 0 Å². The number of amides is 1. The zero-order chi connectivity index (χ0) is 16.0. The molecule has 0 unspecified atom stereocenters. The van der Waals surface area contributed by atoms with E-state index in [1.807, 2.05) is 45.3 Å². The Morgan fingerprint density at radius 1 is 1.22 bits per heavy atom. The molecule has 0 N–H and O–H groups in total. The first kappa shape index (κ1) is 14.0. The second-order valence-corrected chi connectivity index (χ2v) is 6.03. The normalized spacial score (nSPS) is 14.9. The van der Waals surface area contributed by atoms with Crippen molar-refractivity contribution in [2.45, 2.75) is 26.3 Å². The summed E-state index contributed by atoms with van der Waals surface area (Å²) in [5.41, 5.74) is 2.06. The lowest BCUT2D eigenvalue weighted by molar-refractivity contribution is -0.130. The molecule has 3 aromatic rings. The molecule has 0 radical (unpaired) electrons. The van der Waals surface area contributed by atoms with E-state index >= 15 is 0 Å². The van der Waals surface area contributed by atoms with Crippen LogP contribution < -0.4 is 5.56 Å². The minimum atomic E-state index is -0.253. The fraction of sp³-hybridized carbons (Fsp3) is 0.353. The Balaban J connectivity index is 1.92. The number of fused-ring (bicyclic) bond motifs is 3. The summed E-state index contributed by atoms with van der Waals surface area (Å²) in [6, 6.07) is 9.26. The molecular weight excluding hydrogens is 292 g/mol. The van der Waals surface area contributed by atoms with Gasteiger partial charge in [0, 0.05) is 30.2 Å². The largest absolute Gasteiger partial charge is 0.341 e. The lowest BCUT2D eigenvalue weighted by atomic mass is 10.2. The Morgan fingerprint density at radius 3 is 2.74 bits per heavy atom. The van der Waals surface area contributed by atoms with E-state index in [4.69, 9.17) is 0 Å². The highest BCUT2D eigenvalue weighted by Crippen LogP contribution is 2.21. The van der Waals surface area contributed by atoms with E-state index in [1.54, 1.807) is 0 Å². The second kappa shape index (κ2) is 5.22. The quantitative estimate of drug-likeness (QED) is 0.722. The Hall–Kier alpha value is -2.63. The highest BCUT2D eigenvalue weighted by atomic mass is 16.2. The first-order chi connectivity index (χ1) is 11.1. The highest BCUT2D eigenvalue weighted by molar-refractivity contribution is 5.93. The third kappa shape index (κ3) is 2.21. The number of hydrogen-bond donors (Lipinski definition) is 0. The summed E-state index contributed by atoms with van der Waals surface area (Å²) in [7, 11) is 0. The van der Waals surface area contributed by atoms with Crippen LogP contribution in [0.15, 0.2) is 35.1 Å². The molecule has 3 heterocycles. The van der Waals surface area contributed by atoms with E-state index in [1.165, 1.54) is 6.07 Å². The standard InChI is InChI=1S/C17H18N4O2/c1-12-10-15(22)18-17-13-6-2-3-7-14(13)20(21(12)17)11-16(23)19-8-4-5-9-19/h2-3,6-7,10H,4-5,8-9,11H2,1H3. The van der Waals surface area contributed by atoms with Crippen molar-refractivity contribution in [1.29, 1.82) is 0 Å². The topological polar surface area (TPSA) is 59.6 Å². The molecule has 1 aliphatic rings. The predicted octanol–water partition coefficient (Wildman–Crippen LogP) is 1.58. The Bertz CT molecular complexity index is 964. The summed E-state index contributed by atoms with van der Waals surface area (Å²) in [6.45, 7) is 3.80. The van der Waals surface area contributed by atoms with Crippen molar-refractivity contribution in [3.8, 4) is 0 Å². The molecule has 118 valence electrons. The summed E-state index contributed by atoms with van der Waals surface area (Å²) >= 11 is 0. The number of rotatable bonds is 2. The molecule has 4 rings (SSSR count). The molecule has 0 aliphatic carbocycles. The molecule has 1 amide bonds. The third-order valence-electron chi connectivity index (χ3n) is 4.49. The van der Waals surface area contributed by atoms with Crippen molar-refractivity contribution in [3.05, 3.63) is 46.4 Å². The van der Waals surface area contributed by atoms with Crippen LogP contribution in [0.25, 0.3) is 16.6 Å². The van der Waals surface area contributed by atoms with Gasteiger partial charge >= 0.3 is 0 Å². The van der Waals surface area contributed by atoms with Gasteiger partial charge in [-0.3, -0.25) is 14.3 Å².